The molecule has 0 bridgehead atoms. The van der Waals surface area contributed by atoms with Crippen molar-refractivity contribution in [1.29, 1.82) is 0 Å². The maximum Gasteiger partial charge on any atom is 0.319 e. The monoisotopic (exact) mass is 247 g/mol. The van der Waals surface area contributed by atoms with E-state index in [0.717, 1.165) is 4.57 Å². The van der Waals surface area contributed by atoms with Gasteiger partial charge in [-0.3, -0.25) is 4.57 Å². The van der Waals surface area contributed by atoms with Gasteiger partial charge < -0.3 is 10.1 Å². The molecule has 0 fully saturated rings. The molecule has 0 saturated heterocycles. The lowest BCUT2D eigenvalue weighted by atomic mass is 10.2. The van der Waals surface area contributed by atoms with Crippen molar-refractivity contribution in [3.63, 3.8) is 0 Å². The van der Waals surface area contributed by atoms with Gasteiger partial charge in [-0.1, -0.05) is 13.8 Å². The van der Waals surface area contributed by atoms with Gasteiger partial charge in [0.25, 0.3) is 0 Å². The molecule has 0 unspecified atom stereocenters. The summed E-state index contributed by atoms with van der Waals surface area (Å²) in [6.45, 7) is 3.86. The molecule has 0 atom stereocenters. The number of nitrogens with zero attached hydrogens (tertiary/aromatic N) is 2. The summed E-state index contributed by atoms with van der Waals surface area (Å²) in [7, 11) is 0. The second kappa shape index (κ2) is 7.34. The standard InChI is InChI=1S/C11H19F2N3O/c1-9(2)8-17-6-4-14-7-10-15-3-5-16(10)11(12)13/h3,5,9,11,14H,4,6-8H2,1-2H3. The van der Waals surface area contributed by atoms with E-state index >= 15 is 0 Å². The van der Waals surface area contributed by atoms with Crippen LogP contribution in [0.3, 0.4) is 0 Å². The normalized spacial score (nSPS) is 11.6. The third-order valence-electron chi connectivity index (χ3n) is 2.12. The zero-order valence-corrected chi connectivity index (χ0v) is 10.2. The topological polar surface area (TPSA) is 39.1 Å². The highest BCUT2D eigenvalue weighted by Crippen LogP contribution is 2.11. The van der Waals surface area contributed by atoms with Gasteiger partial charge in [0.05, 0.1) is 13.2 Å². The molecular formula is C11H19F2N3O. The van der Waals surface area contributed by atoms with Crippen molar-refractivity contribution in [2.45, 2.75) is 26.9 Å². The minimum atomic E-state index is -2.54. The molecule has 1 aromatic heterocycles. The first-order chi connectivity index (χ1) is 8.11. The molecule has 1 N–H and O–H groups in total. The highest BCUT2D eigenvalue weighted by molar-refractivity contribution is 4.92. The Bertz CT molecular complexity index is 315. The van der Waals surface area contributed by atoms with Crippen LogP contribution < -0.4 is 5.32 Å². The number of hydrogen-bond donors (Lipinski definition) is 1. The zero-order chi connectivity index (χ0) is 12.7. The molecule has 0 aliphatic rings. The number of nitrogens with one attached hydrogen (secondary N) is 1. The van der Waals surface area contributed by atoms with Crippen LogP contribution in [0.5, 0.6) is 0 Å². The van der Waals surface area contributed by atoms with Gasteiger partial charge in [0.1, 0.15) is 5.82 Å². The van der Waals surface area contributed by atoms with Crippen LogP contribution in [-0.4, -0.2) is 29.3 Å². The Labute approximate surface area is 100.0 Å². The molecular weight excluding hydrogens is 228 g/mol. The van der Waals surface area contributed by atoms with Crippen molar-refractivity contribution < 1.29 is 13.5 Å². The summed E-state index contributed by atoms with van der Waals surface area (Å²) in [5.74, 6) is 0.844. The fourth-order valence-corrected chi connectivity index (χ4v) is 1.32. The molecule has 1 rings (SSSR count). The molecule has 1 aromatic rings. The van der Waals surface area contributed by atoms with E-state index in [1.807, 2.05) is 0 Å². The summed E-state index contributed by atoms with van der Waals surface area (Å²) < 4.78 is 31.1. The molecule has 0 saturated carbocycles. The molecule has 0 aliphatic carbocycles. The van der Waals surface area contributed by atoms with E-state index in [9.17, 15) is 8.78 Å². The number of alkyl halides is 2. The lowest BCUT2D eigenvalue weighted by Gasteiger charge is -2.09. The van der Waals surface area contributed by atoms with E-state index in [1.54, 1.807) is 0 Å². The molecule has 0 amide bonds. The maximum absolute atomic E-state index is 12.5. The van der Waals surface area contributed by atoms with E-state index in [1.165, 1.54) is 12.4 Å². The first-order valence-electron chi connectivity index (χ1n) is 5.69. The molecule has 0 radical (unpaired) electrons. The van der Waals surface area contributed by atoms with Crippen molar-refractivity contribution in [2.24, 2.45) is 5.92 Å². The average Bonchev–Trinajstić information content (AvgIpc) is 2.71. The Morgan fingerprint density at radius 1 is 1.47 bits per heavy atom. The Morgan fingerprint density at radius 2 is 2.24 bits per heavy atom. The highest BCUT2D eigenvalue weighted by Gasteiger charge is 2.10. The van der Waals surface area contributed by atoms with Gasteiger partial charge in [-0.15, -0.1) is 0 Å². The average molecular weight is 247 g/mol. The molecule has 6 heteroatoms. The largest absolute Gasteiger partial charge is 0.380 e. The van der Waals surface area contributed by atoms with Crippen molar-refractivity contribution in [3.8, 4) is 0 Å². The Kier molecular flexibility index (Phi) is 6.07. The summed E-state index contributed by atoms with van der Waals surface area (Å²) in [5, 5.41) is 3.02. The molecule has 4 nitrogen and oxygen atoms in total. The Balaban J connectivity index is 2.16. The van der Waals surface area contributed by atoms with Gasteiger partial charge in [0, 0.05) is 25.5 Å². The van der Waals surface area contributed by atoms with E-state index in [0.29, 0.717) is 38.0 Å². The van der Waals surface area contributed by atoms with Gasteiger partial charge in [-0.2, -0.15) is 8.78 Å². The second-order valence-electron chi connectivity index (χ2n) is 4.17. The van der Waals surface area contributed by atoms with Crippen LogP contribution >= 0.6 is 0 Å². The quantitative estimate of drug-likeness (QED) is 0.714. The number of ether oxygens (including phenoxy) is 1. The van der Waals surface area contributed by atoms with E-state index in [4.69, 9.17) is 4.74 Å². The summed E-state index contributed by atoms with van der Waals surface area (Å²) >= 11 is 0. The van der Waals surface area contributed by atoms with Crippen LogP contribution in [0.2, 0.25) is 0 Å². The summed E-state index contributed by atoms with van der Waals surface area (Å²) in [4.78, 5) is 3.86. The van der Waals surface area contributed by atoms with Crippen molar-refractivity contribution in [3.05, 3.63) is 18.2 Å². The maximum atomic E-state index is 12.5. The van der Waals surface area contributed by atoms with E-state index in [2.05, 4.69) is 24.1 Å². The van der Waals surface area contributed by atoms with Crippen LogP contribution in [0, 0.1) is 5.92 Å². The van der Waals surface area contributed by atoms with Gasteiger partial charge in [-0.05, 0) is 5.92 Å². The van der Waals surface area contributed by atoms with Gasteiger partial charge in [0.15, 0.2) is 0 Å². The minimum Gasteiger partial charge on any atom is -0.380 e. The molecule has 17 heavy (non-hydrogen) atoms. The molecule has 0 spiro atoms. The summed E-state index contributed by atoms with van der Waals surface area (Å²) in [6, 6.07) is 0. The first kappa shape index (κ1) is 14.1. The van der Waals surface area contributed by atoms with Crippen LogP contribution in [0.25, 0.3) is 0 Å². The van der Waals surface area contributed by atoms with E-state index in [-0.39, 0.29) is 0 Å². The fourth-order valence-electron chi connectivity index (χ4n) is 1.32. The van der Waals surface area contributed by atoms with Crippen molar-refractivity contribution in [1.82, 2.24) is 14.9 Å². The van der Waals surface area contributed by atoms with Gasteiger partial charge in [-0.25, -0.2) is 4.98 Å². The number of aromatic nitrogens is 2. The number of imidazole rings is 1. The van der Waals surface area contributed by atoms with Crippen molar-refractivity contribution >= 4 is 0 Å². The Hall–Kier alpha value is -1.01. The third kappa shape index (κ3) is 5.23. The molecule has 1 heterocycles. The van der Waals surface area contributed by atoms with Crippen molar-refractivity contribution in [2.75, 3.05) is 19.8 Å². The minimum absolute atomic E-state index is 0.322. The first-order valence-corrected chi connectivity index (χ1v) is 5.69. The van der Waals surface area contributed by atoms with Gasteiger partial charge >= 0.3 is 6.55 Å². The van der Waals surface area contributed by atoms with Crippen LogP contribution in [0.4, 0.5) is 8.78 Å². The van der Waals surface area contributed by atoms with Crippen LogP contribution in [-0.2, 0) is 11.3 Å². The molecule has 98 valence electrons. The number of halogens is 2. The predicted molar refractivity (Wildman–Crippen MR) is 60.8 cm³/mol. The smallest absolute Gasteiger partial charge is 0.319 e. The predicted octanol–water partition coefficient (Wildman–Crippen LogP) is 2.04. The molecule has 0 aromatic carbocycles. The zero-order valence-electron chi connectivity index (χ0n) is 10.2. The number of rotatable bonds is 8. The summed E-state index contributed by atoms with van der Waals surface area (Å²) in [6.07, 6.45) is 2.65. The number of hydrogen-bond acceptors (Lipinski definition) is 3. The third-order valence-corrected chi connectivity index (χ3v) is 2.12. The molecule has 0 aliphatic heterocycles. The SMILES string of the molecule is CC(C)COCCNCc1nccn1C(F)F. The Morgan fingerprint density at radius 3 is 2.88 bits per heavy atom. The summed E-state index contributed by atoms with van der Waals surface area (Å²) in [5.41, 5.74) is 0. The van der Waals surface area contributed by atoms with Crippen LogP contribution in [0.15, 0.2) is 12.4 Å². The fraction of sp³-hybridized carbons (Fsp3) is 0.727. The lowest BCUT2D eigenvalue weighted by Crippen LogP contribution is -2.22. The second-order valence-corrected chi connectivity index (χ2v) is 4.17. The van der Waals surface area contributed by atoms with E-state index < -0.39 is 6.55 Å². The van der Waals surface area contributed by atoms with Gasteiger partial charge in [0.2, 0.25) is 0 Å². The highest BCUT2D eigenvalue weighted by atomic mass is 19.3. The van der Waals surface area contributed by atoms with Crippen LogP contribution in [0.1, 0.15) is 26.2 Å². The lowest BCUT2D eigenvalue weighted by molar-refractivity contribution is 0.0663.